The smallest absolute Gasteiger partial charge is 0.244 e. The minimum atomic E-state index is -0.144. The first kappa shape index (κ1) is 18.2. The third kappa shape index (κ3) is 4.05. The van der Waals surface area contributed by atoms with Gasteiger partial charge in [-0.1, -0.05) is 58.4 Å². The molecule has 5 heteroatoms. The van der Waals surface area contributed by atoms with E-state index in [0.29, 0.717) is 0 Å². The summed E-state index contributed by atoms with van der Waals surface area (Å²) in [6.07, 6.45) is 3.90. The molecule has 0 spiro atoms. The lowest BCUT2D eigenvalue weighted by Gasteiger charge is -2.07. The quantitative estimate of drug-likeness (QED) is 0.347. The fourth-order valence-corrected chi connectivity index (χ4v) is 3.43. The number of nitrogens with one attached hydrogen (secondary N) is 1. The van der Waals surface area contributed by atoms with Crippen molar-refractivity contribution in [3.63, 3.8) is 0 Å². The van der Waals surface area contributed by atoms with E-state index < -0.39 is 0 Å². The molecule has 1 amide bonds. The van der Waals surface area contributed by atoms with Crippen LogP contribution < -0.4 is 5.43 Å². The fourth-order valence-electron chi connectivity index (χ4n) is 3.17. The second kappa shape index (κ2) is 8.23. The third-order valence-electron chi connectivity index (χ3n) is 4.50. The molecular weight excluding hydrogens is 414 g/mol. The molecule has 3 aromatic carbocycles. The number of aromatic nitrogens is 1. The van der Waals surface area contributed by atoms with Gasteiger partial charge in [0.2, 0.25) is 5.91 Å². The minimum absolute atomic E-state index is 0.144. The highest BCUT2D eigenvalue weighted by Gasteiger charge is 2.06. The molecule has 1 aromatic heterocycles. The lowest BCUT2D eigenvalue weighted by Crippen LogP contribution is -2.20. The predicted octanol–water partition coefficient (Wildman–Crippen LogP) is 5.09. The molecule has 0 aliphatic carbocycles. The van der Waals surface area contributed by atoms with Gasteiger partial charge in [0.05, 0.1) is 18.3 Å². The summed E-state index contributed by atoms with van der Waals surface area (Å²) in [5.74, 6) is -0.144. The number of fused-ring (bicyclic) bond motifs is 1. The van der Waals surface area contributed by atoms with Crippen molar-refractivity contribution >= 4 is 38.8 Å². The highest BCUT2D eigenvalue weighted by Crippen LogP contribution is 2.19. The monoisotopic (exact) mass is 431 g/mol. The number of halogens is 1. The van der Waals surface area contributed by atoms with Crippen LogP contribution in [0.5, 0.6) is 0 Å². The molecule has 0 bridgehead atoms. The van der Waals surface area contributed by atoms with E-state index >= 15 is 0 Å². The zero-order valence-electron chi connectivity index (χ0n) is 15.0. The summed E-state index contributed by atoms with van der Waals surface area (Å²) in [6, 6.07) is 26.0. The summed E-state index contributed by atoms with van der Waals surface area (Å²) < 4.78 is 3.03. The van der Waals surface area contributed by atoms with Crippen LogP contribution in [-0.2, 0) is 11.2 Å². The lowest BCUT2D eigenvalue weighted by molar-refractivity contribution is -0.120. The molecule has 4 aromatic rings. The number of benzene rings is 3. The molecule has 0 atom stereocenters. The van der Waals surface area contributed by atoms with Crippen molar-refractivity contribution in [2.75, 3.05) is 0 Å². The summed E-state index contributed by atoms with van der Waals surface area (Å²) >= 11 is 3.44. The van der Waals surface area contributed by atoms with E-state index in [1.807, 2.05) is 89.6 Å². The second-order valence-electron chi connectivity index (χ2n) is 6.39. The normalized spacial score (nSPS) is 11.2. The topological polar surface area (TPSA) is 46.4 Å². The first-order valence-corrected chi connectivity index (χ1v) is 9.72. The van der Waals surface area contributed by atoms with Crippen LogP contribution in [0.4, 0.5) is 0 Å². The first-order valence-electron chi connectivity index (χ1n) is 8.92. The van der Waals surface area contributed by atoms with E-state index in [1.165, 1.54) is 0 Å². The van der Waals surface area contributed by atoms with Gasteiger partial charge in [-0.05, 0) is 52.7 Å². The standard InChI is InChI=1S/C23H18BrN3O/c24-19-10-12-20(13-11-19)27-14-4-8-21(27)16-25-26-23(28)15-18-7-3-6-17-5-1-2-9-22(17)18/h1-14,16H,15H2,(H,26,28)/b25-16-. The lowest BCUT2D eigenvalue weighted by atomic mass is 10.0. The Kier molecular flexibility index (Phi) is 5.35. The zero-order chi connectivity index (χ0) is 19.3. The van der Waals surface area contributed by atoms with Crippen LogP contribution in [0.25, 0.3) is 16.5 Å². The van der Waals surface area contributed by atoms with Gasteiger partial charge in [0.1, 0.15) is 0 Å². The molecule has 0 aliphatic rings. The van der Waals surface area contributed by atoms with Crippen LogP contribution in [0.15, 0.2) is 94.6 Å². The SMILES string of the molecule is O=C(Cc1cccc2ccccc12)N/N=C\c1cccn1-c1ccc(Br)cc1. The number of nitrogens with zero attached hydrogens (tertiary/aromatic N) is 2. The molecular formula is C23H18BrN3O. The van der Waals surface area contributed by atoms with Crippen LogP contribution in [0.2, 0.25) is 0 Å². The van der Waals surface area contributed by atoms with Crippen molar-refractivity contribution < 1.29 is 4.79 Å². The van der Waals surface area contributed by atoms with Gasteiger partial charge in [0.25, 0.3) is 0 Å². The maximum Gasteiger partial charge on any atom is 0.244 e. The zero-order valence-corrected chi connectivity index (χ0v) is 16.6. The number of hydrazone groups is 1. The highest BCUT2D eigenvalue weighted by molar-refractivity contribution is 9.10. The Balaban J connectivity index is 1.45. The molecule has 0 unspecified atom stereocenters. The molecule has 0 saturated carbocycles. The minimum Gasteiger partial charge on any atom is -0.316 e. The van der Waals surface area contributed by atoms with Crippen LogP contribution in [0, 0.1) is 0 Å². The summed E-state index contributed by atoms with van der Waals surface area (Å²) in [5, 5.41) is 6.36. The summed E-state index contributed by atoms with van der Waals surface area (Å²) in [5.41, 5.74) is 5.53. The molecule has 4 nitrogen and oxygen atoms in total. The molecule has 4 rings (SSSR count). The average molecular weight is 432 g/mol. The molecule has 138 valence electrons. The predicted molar refractivity (Wildman–Crippen MR) is 117 cm³/mol. The van der Waals surface area contributed by atoms with E-state index in [2.05, 4.69) is 26.5 Å². The summed E-state index contributed by atoms with van der Waals surface area (Å²) in [6.45, 7) is 0. The van der Waals surface area contributed by atoms with Crippen molar-refractivity contribution in [2.24, 2.45) is 5.10 Å². The molecule has 0 aliphatic heterocycles. The van der Waals surface area contributed by atoms with Gasteiger partial charge in [0.15, 0.2) is 0 Å². The van der Waals surface area contributed by atoms with Crippen molar-refractivity contribution in [3.8, 4) is 5.69 Å². The Morgan fingerprint density at radius 1 is 0.964 bits per heavy atom. The van der Waals surface area contributed by atoms with Crippen LogP contribution in [-0.4, -0.2) is 16.7 Å². The van der Waals surface area contributed by atoms with Gasteiger partial charge in [-0.2, -0.15) is 5.10 Å². The van der Waals surface area contributed by atoms with Crippen LogP contribution in [0.3, 0.4) is 0 Å². The average Bonchev–Trinajstić information content (AvgIpc) is 3.17. The Morgan fingerprint density at radius 3 is 2.61 bits per heavy atom. The molecule has 0 radical (unpaired) electrons. The molecule has 0 saturated heterocycles. The first-order chi connectivity index (χ1) is 13.7. The Labute approximate surface area is 171 Å². The van der Waals surface area contributed by atoms with Gasteiger partial charge in [-0.15, -0.1) is 0 Å². The van der Waals surface area contributed by atoms with Crippen molar-refractivity contribution in [2.45, 2.75) is 6.42 Å². The van der Waals surface area contributed by atoms with E-state index in [9.17, 15) is 4.79 Å². The number of hydrogen-bond acceptors (Lipinski definition) is 2. The molecule has 1 heterocycles. The number of carbonyl (C=O) groups is 1. The van der Waals surface area contributed by atoms with Crippen molar-refractivity contribution in [1.29, 1.82) is 0 Å². The molecule has 0 fully saturated rings. The number of carbonyl (C=O) groups excluding carboxylic acids is 1. The van der Waals surface area contributed by atoms with Crippen LogP contribution in [0.1, 0.15) is 11.3 Å². The number of hydrogen-bond donors (Lipinski definition) is 1. The van der Waals surface area contributed by atoms with Gasteiger partial charge in [-0.25, -0.2) is 5.43 Å². The highest BCUT2D eigenvalue weighted by atomic mass is 79.9. The second-order valence-corrected chi connectivity index (χ2v) is 7.30. The Morgan fingerprint density at radius 2 is 1.75 bits per heavy atom. The Hall–Kier alpha value is -3.18. The van der Waals surface area contributed by atoms with E-state index in [-0.39, 0.29) is 12.3 Å². The molecule has 28 heavy (non-hydrogen) atoms. The van der Waals surface area contributed by atoms with E-state index in [0.717, 1.165) is 32.2 Å². The third-order valence-corrected chi connectivity index (χ3v) is 5.03. The maximum absolute atomic E-state index is 12.3. The summed E-state index contributed by atoms with van der Waals surface area (Å²) in [7, 11) is 0. The van der Waals surface area contributed by atoms with E-state index in [1.54, 1.807) is 6.21 Å². The van der Waals surface area contributed by atoms with Gasteiger partial charge in [-0.3, -0.25) is 4.79 Å². The van der Waals surface area contributed by atoms with Gasteiger partial charge in [0, 0.05) is 16.4 Å². The number of amides is 1. The van der Waals surface area contributed by atoms with Gasteiger partial charge < -0.3 is 4.57 Å². The van der Waals surface area contributed by atoms with Crippen molar-refractivity contribution in [3.05, 3.63) is 101 Å². The van der Waals surface area contributed by atoms with Crippen LogP contribution >= 0.6 is 15.9 Å². The van der Waals surface area contributed by atoms with Crippen molar-refractivity contribution in [1.82, 2.24) is 9.99 Å². The fraction of sp³-hybridized carbons (Fsp3) is 0.0435. The van der Waals surface area contributed by atoms with Gasteiger partial charge >= 0.3 is 0 Å². The summed E-state index contributed by atoms with van der Waals surface area (Å²) in [4.78, 5) is 12.3. The molecule has 1 N–H and O–H groups in total. The number of rotatable bonds is 5. The Bertz CT molecular complexity index is 1140. The largest absolute Gasteiger partial charge is 0.316 e. The maximum atomic E-state index is 12.3. The van der Waals surface area contributed by atoms with E-state index in [4.69, 9.17) is 0 Å².